The average Bonchev–Trinajstić information content (AvgIpc) is 2.69. The molecule has 0 aromatic carbocycles. The number of nitrogens with one attached hydrogen (secondary N) is 1. The fourth-order valence-electron chi connectivity index (χ4n) is 1.68. The highest BCUT2D eigenvalue weighted by Gasteiger charge is 2.08. The second kappa shape index (κ2) is 4.90. The number of aryl methyl sites for hydroxylation is 1. The Balaban J connectivity index is 2.33. The first-order valence-corrected chi connectivity index (χ1v) is 5.45. The van der Waals surface area contributed by atoms with Crippen LogP contribution in [0.3, 0.4) is 0 Å². The van der Waals surface area contributed by atoms with Gasteiger partial charge in [0, 0.05) is 43.3 Å². The van der Waals surface area contributed by atoms with Crippen molar-refractivity contribution in [1.82, 2.24) is 20.1 Å². The summed E-state index contributed by atoms with van der Waals surface area (Å²) >= 11 is 0. The van der Waals surface area contributed by atoms with E-state index in [4.69, 9.17) is 0 Å². The summed E-state index contributed by atoms with van der Waals surface area (Å²) in [5.74, 6) is 0. The molecule has 0 saturated carbocycles. The first-order chi connectivity index (χ1) is 7.81. The zero-order chi connectivity index (χ0) is 11.4. The predicted molar refractivity (Wildman–Crippen MR) is 63.8 cm³/mol. The van der Waals surface area contributed by atoms with E-state index in [9.17, 15) is 0 Å². The Hall–Kier alpha value is -1.68. The van der Waals surface area contributed by atoms with Gasteiger partial charge in [-0.25, -0.2) is 0 Å². The lowest BCUT2D eigenvalue weighted by Gasteiger charge is -2.02. The second-order valence-electron chi connectivity index (χ2n) is 3.69. The molecule has 2 heterocycles. The third-order valence-corrected chi connectivity index (χ3v) is 2.42. The van der Waals surface area contributed by atoms with Crippen LogP contribution in [-0.2, 0) is 13.6 Å². The molecule has 0 amide bonds. The Bertz CT molecular complexity index is 447. The van der Waals surface area contributed by atoms with E-state index < -0.39 is 0 Å². The first-order valence-electron chi connectivity index (χ1n) is 5.45. The van der Waals surface area contributed by atoms with Gasteiger partial charge in [0.1, 0.15) is 0 Å². The minimum atomic E-state index is 0.849. The van der Waals surface area contributed by atoms with Crippen LogP contribution in [0.25, 0.3) is 11.3 Å². The van der Waals surface area contributed by atoms with Gasteiger partial charge in [0.25, 0.3) is 0 Å². The van der Waals surface area contributed by atoms with Crippen LogP contribution in [0.1, 0.15) is 12.5 Å². The number of nitrogens with zero attached hydrogens (tertiary/aromatic N) is 3. The highest BCUT2D eigenvalue weighted by Crippen LogP contribution is 2.20. The van der Waals surface area contributed by atoms with Gasteiger partial charge < -0.3 is 5.32 Å². The van der Waals surface area contributed by atoms with E-state index in [2.05, 4.69) is 28.5 Å². The van der Waals surface area contributed by atoms with Crippen LogP contribution >= 0.6 is 0 Å². The summed E-state index contributed by atoms with van der Waals surface area (Å²) < 4.78 is 1.85. The van der Waals surface area contributed by atoms with Crippen LogP contribution in [0.4, 0.5) is 0 Å². The van der Waals surface area contributed by atoms with Crippen molar-refractivity contribution in [3.8, 4) is 11.3 Å². The largest absolute Gasteiger partial charge is 0.313 e. The van der Waals surface area contributed by atoms with Gasteiger partial charge in [-0.15, -0.1) is 0 Å². The molecule has 1 N–H and O–H groups in total. The maximum atomic E-state index is 4.48. The molecule has 0 fully saturated rings. The summed E-state index contributed by atoms with van der Waals surface area (Å²) in [6.45, 7) is 3.91. The molecule has 0 saturated heterocycles. The van der Waals surface area contributed by atoms with Gasteiger partial charge in [0.15, 0.2) is 0 Å². The Morgan fingerprint density at radius 1 is 1.31 bits per heavy atom. The van der Waals surface area contributed by atoms with E-state index in [1.165, 1.54) is 5.56 Å². The molecule has 2 aromatic rings. The lowest BCUT2D eigenvalue weighted by molar-refractivity contribution is 0.724. The van der Waals surface area contributed by atoms with Crippen LogP contribution in [0, 0.1) is 0 Å². The second-order valence-corrected chi connectivity index (χ2v) is 3.69. The zero-order valence-corrected chi connectivity index (χ0v) is 9.64. The molecular weight excluding hydrogens is 200 g/mol. The zero-order valence-electron chi connectivity index (χ0n) is 9.64. The standard InChI is InChI=1S/C12H16N4/c1-3-13-8-11-9-16(2)15-12(11)10-4-6-14-7-5-10/h4-7,9,13H,3,8H2,1-2H3. The quantitative estimate of drug-likeness (QED) is 0.844. The summed E-state index contributed by atoms with van der Waals surface area (Å²) in [6.07, 6.45) is 5.64. The monoisotopic (exact) mass is 216 g/mol. The van der Waals surface area contributed by atoms with Crippen molar-refractivity contribution in [2.45, 2.75) is 13.5 Å². The van der Waals surface area contributed by atoms with Gasteiger partial charge in [-0.1, -0.05) is 6.92 Å². The molecule has 2 aromatic heterocycles. The summed E-state index contributed by atoms with van der Waals surface area (Å²) in [5.41, 5.74) is 3.37. The molecule has 0 aliphatic heterocycles. The SMILES string of the molecule is CCNCc1cn(C)nc1-c1ccncc1. The third kappa shape index (κ3) is 2.28. The van der Waals surface area contributed by atoms with Crippen molar-refractivity contribution in [3.63, 3.8) is 0 Å². The minimum absolute atomic E-state index is 0.849. The van der Waals surface area contributed by atoms with Crippen molar-refractivity contribution >= 4 is 0 Å². The van der Waals surface area contributed by atoms with E-state index in [1.54, 1.807) is 12.4 Å². The lowest BCUT2D eigenvalue weighted by Crippen LogP contribution is -2.11. The van der Waals surface area contributed by atoms with E-state index in [-0.39, 0.29) is 0 Å². The topological polar surface area (TPSA) is 42.7 Å². The Labute approximate surface area is 95.3 Å². The summed E-state index contributed by atoms with van der Waals surface area (Å²) in [6, 6.07) is 3.97. The maximum absolute atomic E-state index is 4.48. The van der Waals surface area contributed by atoms with E-state index in [1.807, 2.05) is 23.9 Å². The molecular formula is C12H16N4. The van der Waals surface area contributed by atoms with Crippen molar-refractivity contribution < 1.29 is 0 Å². The fraction of sp³-hybridized carbons (Fsp3) is 0.333. The smallest absolute Gasteiger partial charge is 0.0969 e. The van der Waals surface area contributed by atoms with Crippen LogP contribution in [-0.4, -0.2) is 21.3 Å². The summed E-state index contributed by atoms with van der Waals surface area (Å²) in [5, 5.41) is 7.80. The molecule has 84 valence electrons. The molecule has 0 atom stereocenters. The molecule has 16 heavy (non-hydrogen) atoms. The molecule has 2 rings (SSSR count). The van der Waals surface area contributed by atoms with Gasteiger partial charge in [-0.05, 0) is 18.7 Å². The minimum Gasteiger partial charge on any atom is -0.313 e. The number of pyridine rings is 1. The van der Waals surface area contributed by atoms with Crippen molar-refractivity contribution in [2.24, 2.45) is 7.05 Å². The summed E-state index contributed by atoms with van der Waals surface area (Å²) in [4.78, 5) is 4.02. The lowest BCUT2D eigenvalue weighted by atomic mass is 10.1. The molecule has 0 bridgehead atoms. The van der Waals surface area contributed by atoms with Gasteiger partial charge >= 0.3 is 0 Å². The molecule has 0 unspecified atom stereocenters. The van der Waals surface area contributed by atoms with Crippen molar-refractivity contribution in [1.29, 1.82) is 0 Å². The number of aromatic nitrogens is 3. The van der Waals surface area contributed by atoms with Gasteiger partial charge in [-0.3, -0.25) is 9.67 Å². The van der Waals surface area contributed by atoms with Gasteiger partial charge in [-0.2, -0.15) is 5.10 Å². The van der Waals surface area contributed by atoms with Crippen molar-refractivity contribution in [3.05, 3.63) is 36.3 Å². The Morgan fingerprint density at radius 3 is 2.75 bits per heavy atom. The van der Waals surface area contributed by atoms with Gasteiger partial charge in [0.05, 0.1) is 5.69 Å². The molecule has 0 aliphatic carbocycles. The average molecular weight is 216 g/mol. The molecule has 4 nitrogen and oxygen atoms in total. The number of rotatable bonds is 4. The van der Waals surface area contributed by atoms with Crippen molar-refractivity contribution in [2.75, 3.05) is 6.54 Å². The Morgan fingerprint density at radius 2 is 2.06 bits per heavy atom. The first kappa shape index (κ1) is 10.8. The van der Waals surface area contributed by atoms with E-state index >= 15 is 0 Å². The van der Waals surface area contributed by atoms with E-state index in [0.29, 0.717) is 0 Å². The molecule has 4 heteroatoms. The fourth-order valence-corrected chi connectivity index (χ4v) is 1.68. The Kier molecular flexibility index (Phi) is 3.31. The highest BCUT2D eigenvalue weighted by atomic mass is 15.3. The summed E-state index contributed by atoms with van der Waals surface area (Å²) in [7, 11) is 1.94. The number of hydrogen-bond donors (Lipinski definition) is 1. The third-order valence-electron chi connectivity index (χ3n) is 2.42. The van der Waals surface area contributed by atoms with Gasteiger partial charge in [0.2, 0.25) is 0 Å². The predicted octanol–water partition coefficient (Wildman–Crippen LogP) is 1.59. The molecule has 0 spiro atoms. The number of hydrogen-bond acceptors (Lipinski definition) is 3. The van der Waals surface area contributed by atoms with Crippen LogP contribution < -0.4 is 5.32 Å². The normalized spacial score (nSPS) is 10.6. The van der Waals surface area contributed by atoms with Crippen LogP contribution in [0.15, 0.2) is 30.7 Å². The molecule has 0 radical (unpaired) electrons. The maximum Gasteiger partial charge on any atom is 0.0969 e. The van der Waals surface area contributed by atoms with Crippen LogP contribution in [0.2, 0.25) is 0 Å². The highest BCUT2D eigenvalue weighted by molar-refractivity contribution is 5.61. The van der Waals surface area contributed by atoms with E-state index in [0.717, 1.165) is 24.3 Å². The molecule has 0 aliphatic rings. The van der Waals surface area contributed by atoms with Crippen LogP contribution in [0.5, 0.6) is 0 Å².